The molecule has 0 fully saturated rings. The van der Waals surface area contributed by atoms with E-state index in [1.165, 1.54) is 19.2 Å². The number of amides is 2. The number of carbonyl (C=O) groups is 2. The highest BCUT2D eigenvalue weighted by Crippen LogP contribution is 2.36. The summed E-state index contributed by atoms with van der Waals surface area (Å²) in [7, 11) is -2.81. The first kappa shape index (κ1) is 21.1. The second kappa shape index (κ2) is 8.18. The van der Waals surface area contributed by atoms with Crippen LogP contribution in [0.5, 0.6) is 5.75 Å². The van der Waals surface area contributed by atoms with Crippen molar-refractivity contribution < 1.29 is 22.7 Å². The molecule has 0 saturated heterocycles. The highest BCUT2D eigenvalue weighted by atomic mass is 35.5. The number of hydrogen-bond acceptors (Lipinski definition) is 5. The van der Waals surface area contributed by atoms with Crippen molar-refractivity contribution in [1.82, 2.24) is 4.31 Å². The average molecular weight is 460 g/mol. The van der Waals surface area contributed by atoms with Crippen LogP contribution in [0.2, 0.25) is 5.02 Å². The summed E-state index contributed by atoms with van der Waals surface area (Å²) >= 11 is 6.16. The molecular weight excluding hydrogens is 442 g/mol. The van der Waals surface area contributed by atoms with Crippen molar-refractivity contribution in [2.24, 2.45) is 0 Å². The number of nitrogens with one attached hydrogen (secondary N) is 2. The molecule has 0 bridgehead atoms. The van der Waals surface area contributed by atoms with Crippen LogP contribution < -0.4 is 15.4 Å². The van der Waals surface area contributed by atoms with Gasteiger partial charge in [0, 0.05) is 24.2 Å². The number of carbonyl (C=O) groups excluding carboxylic acids is 2. The van der Waals surface area contributed by atoms with Gasteiger partial charge >= 0.3 is 0 Å². The summed E-state index contributed by atoms with van der Waals surface area (Å²) in [6, 6.07) is 15.6. The Labute approximate surface area is 183 Å². The van der Waals surface area contributed by atoms with Crippen molar-refractivity contribution in [3.63, 3.8) is 0 Å². The minimum absolute atomic E-state index is 0.0918. The summed E-state index contributed by atoms with van der Waals surface area (Å²) in [4.78, 5) is 23.8. The number of likely N-dealkylation sites (N-methyl/N-ethyl adjacent to an activating group) is 1. The van der Waals surface area contributed by atoms with Gasteiger partial charge in [-0.05, 0) is 17.5 Å². The molecule has 0 radical (unpaired) electrons. The third-order valence-corrected chi connectivity index (χ3v) is 7.05. The third-order valence-electron chi connectivity index (χ3n) is 4.79. The van der Waals surface area contributed by atoms with Gasteiger partial charge in [-0.3, -0.25) is 9.59 Å². The Morgan fingerprint density at radius 2 is 1.94 bits per heavy atom. The number of anilines is 2. The van der Waals surface area contributed by atoms with Crippen molar-refractivity contribution in [3.8, 4) is 5.75 Å². The molecule has 160 valence electrons. The first-order valence-electron chi connectivity index (χ1n) is 9.26. The topological polar surface area (TPSA) is 105 Å². The molecule has 1 heterocycles. The van der Waals surface area contributed by atoms with Gasteiger partial charge in [-0.1, -0.05) is 48.0 Å². The van der Waals surface area contributed by atoms with Crippen molar-refractivity contribution in [3.05, 3.63) is 59.6 Å². The second-order valence-corrected chi connectivity index (χ2v) is 9.37. The van der Waals surface area contributed by atoms with Crippen LogP contribution in [-0.2, 0) is 19.6 Å². The molecule has 0 aromatic heterocycles. The lowest BCUT2D eigenvalue weighted by Gasteiger charge is -2.22. The number of nitrogens with zero attached hydrogens (tertiary/aromatic N) is 1. The van der Waals surface area contributed by atoms with Crippen molar-refractivity contribution >= 4 is 55.6 Å². The van der Waals surface area contributed by atoms with Crippen molar-refractivity contribution in [2.75, 3.05) is 30.8 Å². The molecule has 8 nitrogen and oxygen atoms in total. The van der Waals surface area contributed by atoms with Crippen molar-refractivity contribution in [1.29, 1.82) is 0 Å². The zero-order valence-corrected chi connectivity index (χ0v) is 18.0. The molecular formula is C21H18ClN3O5S. The van der Waals surface area contributed by atoms with Gasteiger partial charge in [0.1, 0.15) is 10.6 Å². The van der Waals surface area contributed by atoms with Crippen molar-refractivity contribution in [2.45, 2.75) is 4.90 Å². The Morgan fingerprint density at radius 3 is 2.74 bits per heavy atom. The van der Waals surface area contributed by atoms with Crippen LogP contribution >= 0.6 is 11.6 Å². The number of hydrogen-bond donors (Lipinski definition) is 2. The molecule has 0 aliphatic carbocycles. The SMILES string of the molecule is CN(CC(=O)Nc1cccc2ccccc12)S(=O)(=O)c1cc2c(cc1Cl)NC(=O)CO2. The van der Waals surface area contributed by atoms with Gasteiger partial charge < -0.3 is 15.4 Å². The van der Waals surface area contributed by atoms with E-state index in [0.29, 0.717) is 5.69 Å². The van der Waals surface area contributed by atoms with E-state index in [2.05, 4.69) is 10.6 Å². The minimum atomic E-state index is -4.10. The molecule has 10 heteroatoms. The number of sulfonamides is 1. The highest BCUT2D eigenvalue weighted by molar-refractivity contribution is 7.89. The van der Waals surface area contributed by atoms with Gasteiger partial charge in [0.15, 0.2) is 6.61 Å². The molecule has 2 amide bonds. The summed E-state index contributed by atoms with van der Waals surface area (Å²) in [6.45, 7) is -0.645. The number of benzene rings is 3. The van der Waals surface area contributed by atoms with Gasteiger partial charge in [-0.25, -0.2) is 8.42 Å². The average Bonchev–Trinajstić information content (AvgIpc) is 2.73. The Bertz CT molecular complexity index is 1300. The fourth-order valence-electron chi connectivity index (χ4n) is 3.26. The summed E-state index contributed by atoms with van der Waals surface area (Å²) in [5.74, 6) is -0.669. The quantitative estimate of drug-likeness (QED) is 0.610. The van der Waals surface area contributed by atoms with Crippen LogP contribution in [0.4, 0.5) is 11.4 Å². The molecule has 31 heavy (non-hydrogen) atoms. The van der Waals surface area contributed by atoms with Crippen LogP contribution in [0, 0.1) is 0 Å². The predicted octanol–water partition coefficient (Wildman–Crippen LogP) is 3.08. The van der Waals surface area contributed by atoms with Crippen LogP contribution in [0.15, 0.2) is 59.5 Å². The summed E-state index contributed by atoms with van der Waals surface area (Å²) in [6.07, 6.45) is 0. The number of halogens is 1. The number of rotatable bonds is 5. The molecule has 3 aromatic rings. The Hall–Kier alpha value is -3.14. The zero-order chi connectivity index (χ0) is 22.2. The predicted molar refractivity (Wildman–Crippen MR) is 118 cm³/mol. The van der Waals surface area contributed by atoms with Crippen LogP contribution in [0.3, 0.4) is 0 Å². The lowest BCUT2D eigenvalue weighted by atomic mass is 10.1. The smallest absolute Gasteiger partial charge is 0.262 e. The van der Waals surface area contributed by atoms with E-state index in [4.69, 9.17) is 16.3 Å². The van der Waals surface area contributed by atoms with Gasteiger partial charge in [0.2, 0.25) is 15.9 Å². The lowest BCUT2D eigenvalue weighted by molar-refractivity contribution is -0.118. The molecule has 0 saturated carbocycles. The van der Waals surface area contributed by atoms with E-state index in [-0.39, 0.29) is 33.9 Å². The largest absolute Gasteiger partial charge is 0.482 e. The summed E-state index contributed by atoms with van der Waals surface area (Å²) < 4.78 is 32.2. The summed E-state index contributed by atoms with van der Waals surface area (Å²) in [5, 5.41) is 7.03. The maximum atomic E-state index is 13.0. The zero-order valence-electron chi connectivity index (χ0n) is 16.4. The maximum absolute atomic E-state index is 13.0. The molecule has 1 aliphatic rings. The molecule has 1 aliphatic heterocycles. The van der Waals surface area contributed by atoms with E-state index in [1.54, 1.807) is 6.07 Å². The molecule has 3 aromatic carbocycles. The van der Waals surface area contributed by atoms with Gasteiger partial charge in [-0.15, -0.1) is 0 Å². The van der Waals surface area contributed by atoms with E-state index in [9.17, 15) is 18.0 Å². The molecule has 2 N–H and O–H groups in total. The minimum Gasteiger partial charge on any atom is -0.482 e. The Kier molecular flexibility index (Phi) is 5.57. The Morgan fingerprint density at radius 1 is 1.19 bits per heavy atom. The van der Waals surface area contributed by atoms with E-state index >= 15 is 0 Å². The maximum Gasteiger partial charge on any atom is 0.262 e. The van der Waals surface area contributed by atoms with Gasteiger partial charge in [0.25, 0.3) is 5.91 Å². The second-order valence-electron chi connectivity index (χ2n) is 6.95. The molecule has 0 atom stereocenters. The van der Waals surface area contributed by atoms with Crippen LogP contribution in [0.1, 0.15) is 0 Å². The molecule has 4 rings (SSSR count). The van der Waals surface area contributed by atoms with Gasteiger partial charge in [0.05, 0.1) is 17.3 Å². The fourth-order valence-corrected chi connectivity index (χ4v) is 4.90. The summed E-state index contributed by atoms with van der Waals surface area (Å²) in [5.41, 5.74) is 0.876. The van der Waals surface area contributed by atoms with Crippen LogP contribution in [-0.4, -0.2) is 44.7 Å². The first-order valence-corrected chi connectivity index (χ1v) is 11.1. The molecule has 0 unspecified atom stereocenters. The van der Waals surface area contributed by atoms with Crippen LogP contribution in [0.25, 0.3) is 10.8 Å². The third kappa shape index (κ3) is 4.20. The van der Waals surface area contributed by atoms with E-state index in [1.807, 2.05) is 36.4 Å². The highest BCUT2D eigenvalue weighted by Gasteiger charge is 2.29. The number of fused-ring (bicyclic) bond motifs is 2. The first-order chi connectivity index (χ1) is 14.8. The molecule has 0 spiro atoms. The monoisotopic (exact) mass is 459 g/mol. The lowest BCUT2D eigenvalue weighted by Crippen LogP contribution is -2.35. The fraction of sp³-hybridized carbons (Fsp3) is 0.143. The standard InChI is InChI=1S/C21H18ClN3O5S/c1-25(11-20(26)23-16-8-4-6-13-5-2-3-7-14(13)16)31(28,29)19-10-18-17(9-15(19)22)24-21(27)12-30-18/h2-10H,11-12H2,1H3,(H,23,26)(H,24,27). The van der Waals surface area contributed by atoms with Gasteiger partial charge in [-0.2, -0.15) is 4.31 Å². The Balaban J connectivity index is 1.54. The number of ether oxygens (including phenoxy) is 1. The van der Waals surface area contributed by atoms with E-state index < -0.39 is 22.5 Å². The van der Waals surface area contributed by atoms with E-state index in [0.717, 1.165) is 15.1 Å². The normalized spacial score (nSPS) is 13.5.